The number of allylic oxidation sites excluding steroid dienone is 1. The Balaban J connectivity index is 3.26. The van der Waals surface area contributed by atoms with Gasteiger partial charge in [-0.25, -0.2) is 0 Å². The molecule has 2 heteroatoms. The normalized spacial score (nSPS) is 14.3. The zero-order valence-corrected chi connectivity index (χ0v) is 6.45. The Labute approximate surface area is 62.2 Å². The third-order valence-electron chi connectivity index (χ3n) is 1.24. The molecule has 0 saturated carbocycles. The molecule has 0 heterocycles. The fourth-order valence-corrected chi connectivity index (χ4v) is 0.648. The third-order valence-corrected chi connectivity index (χ3v) is 1.24. The summed E-state index contributed by atoms with van der Waals surface area (Å²) < 4.78 is 0. The minimum absolute atomic E-state index is 0.0532. The van der Waals surface area contributed by atoms with Crippen LogP contribution in [0.15, 0.2) is 12.2 Å². The maximum absolute atomic E-state index is 9.03. The van der Waals surface area contributed by atoms with E-state index in [0.29, 0.717) is 6.42 Å². The van der Waals surface area contributed by atoms with Crippen LogP contribution in [0.3, 0.4) is 0 Å². The summed E-state index contributed by atoms with van der Waals surface area (Å²) >= 11 is 0. The number of hydrogen-bond donors (Lipinski definition) is 2. The molecular weight excluding hydrogens is 128 g/mol. The van der Waals surface area contributed by atoms with Gasteiger partial charge in [0.15, 0.2) is 0 Å². The summed E-state index contributed by atoms with van der Waals surface area (Å²) in [6.45, 7) is 2.14. The summed E-state index contributed by atoms with van der Waals surface area (Å²) in [6, 6.07) is 0. The fourth-order valence-electron chi connectivity index (χ4n) is 0.648. The molecule has 1 atom stereocenters. The van der Waals surface area contributed by atoms with Gasteiger partial charge in [-0.1, -0.05) is 25.5 Å². The zero-order valence-electron chi connectivity index (χ0n) is 6.45. The Bertz CT molecular complexity index is 89.3. The van der Waals surface area contributed by atoms with Crippen LogP contribution < -0.4 is 0 Å². The van der Waals surface area contributed by atoms with Crippen molar-refractivity contribution in [2.24, 2.45) is 0 Å². The maximum Gasteiger partial charge on any atom is 0.0742 e. The first-order chi connectivity index (χ1) is 4.81. The van der Waals surface area contributed by atoms with Crippen molar-refractivity contribution in [1.82, 2.24) is 0 Å². The molecule has 0 amide bonds. The van der Waals surface area contributed by atoms with Crippen molar-refractivity contribution < 1.29 is 10.2 Å². The first-order valence-corrected chi connectivity index (χ1v) is 3.76. The number of aliphatic hydroxyl groups excluding tert-OH is 2. The van der Waals surface area contributed by atoms with E-state index < -0.39 is 6.10 Å². The van der Waals surface area contributed by atoms with Crippen molar-refractivity contribution in [2.75, 3.05) is 6.61 Å². The topological polar surface area (TPSA) is 40.5 Å². The van der Waals surface area contributed by atoms with Crippen LogP contribution in [-0.2, 0) is 0 Å². The standard InChI is InChI=1S/C8H16O2/c1-2-3-4-5-8(10)6-7-9/h4-5,8-10H,2-3,6-7H2,1H3. The fraction of sp³-hybridized carbons (Fsp3) is 0.750. The molecule has 0 aromatic rings. The van der Waals surface area contributed by atoms with Crippen LogP contribution >= 0.6 is 0 Å². The van der Waals surface area contributed by atoms with Crippen LogP contribution in [0.5, 0.6) is 0 Å². The summed E-state index contributed by atoms with van der Waals surface area (Å²) in [5.41, 5.74) is 0. The van der Waals surface area contributed by atoms with Crippen LogP contribution in [0.4, 0.5) is 0 Å². The van der Waals surface area contributed by atoms with Crippen LogP contribution in [0.1, 0.15) is 26.2 Å². The van der Waals surface area contributed by atoms with Crippen molar-refractivity contribution in [2.45, 2.75) is 32.3 Å². The summed E-state index contributed by atoms with van der Waals surface area (Å²) in [4.78, 5) is 0. The second-order valence-corrected chi connectivity index (χ2v) is 2.30. The van der Waals surface area contributed by atoms with Crippen molar-refractivity contribution in [1.29, 1.82) is 0 Å². The van der Waals surface area contributed by atoms with E-state index in [2.05, 4.69) is 6.92 Å². The molecule has 0 spiro atoms. The summed E-state index contributed by atoms with van der Waals surface area (Å²) in [6.07, 6.45) is 5.77. The second-order valence-electron chi connectivity index (χ2n) is 2.30. The SMILES string of the molecule is CCCC=CC(O)CCO. The minimum Gasteiger partial charge on any atom is -0.396 e. The molecular formula is C8H16O2. The molecule has 60 valence electrons. The third kappa shape index (κ3) is 5.79. The van der Waals surface area contributed by atoms with E-state index in [1.807, 2.05) is 6.08 Å². The summed E-state index contributed by atoms with van der Waals surface area (Å²) in [5.74, 6) is 0. The van der Waals surface area contributed by atoms with E-state index in [0.717, 1.165) is 12.8 Å². The number of rotatable bonds is 5. The second kappa shape index (κ2) is 6.78. The largest absolute Gasteiger partial charge is 0.396 e. The quantitative estimate of drug-likeness (QED) is 0.567. The molecule has 0 saturated heterocycles. The highest BCUT2D eigenvalue weighted by Crippen LogP contribution is 1.95. The van der Waals surface area contributed by atoms with Gasteiger partial charge in [-0.05, 0) is 12.8 Å². The molecule has 0 aliphatic rings. The Morgan fingerprint density at radius 1 is 1.50 bits per heavy atom. The van der Waals surface area contributed by atoms with Crippen LogP contribution in [0.25, 0.3) is 0 Å². The van der Waals surface area contributed by atoms with Crippen molar-refractivity contribution in [3.05, 3.63) is 12.2 Å². The van der Waals surface area contributed by atoms with Gasteiger partial charge < -0.3 is 10.2 Å². The van der Waals surface area contributed by atoms with Crippen molar-refractivity contribution in [3.63, 3.8) is 0 Å². The number of aliphatic hydroxyl groups is 2. The molecule has 0 rings (SSSR count). The van der Waals surface area contributed by atoms with E-state index in [4.69, 9.17) is 10.2 Å². The van der Waals surface area contributed by atoms with Gasteiger partial charge in [0, 0.05) is 6.61 Å². The smallest absolute Gasteiger partial charge is 0.0742 e. The minimum atomic E-state index is -0.462. The highest BCUT2D eigenvalue weighted by Gasteiger charge is 1.94. The first-order valence-electron chi connectivity index (χ1n) is 3.76. The van der Waals surface area contributed by atoms with Gasteiger partial charge in [0.05, 0.1) is 6.10 Å². The van der Waals surface area contributed by atoms with Gasteiger partial charge in [-0.15, -0.1) is 0 Å². The number of unbranched alkanes of at least 4 members (excludes halogenated alkanes) is 1. The first kappa shape index (κ1) is 9.66. The lowest BCUT2D eigenvalue weighted by molar-refractivity contribution is 0.170. The van der Waals surface area contributed by atoms with Gasteiger partial charge in [0.1, 0.15) is 0 Å². The highest BCUT2D eigenvalue weighted by atomic mass is 16.3. The monoisotopic (exact) mass is 144 g/mol. The molecule has 0 bridgehead atoms. The molecule has 2 nitrogen and oxygen atoms in total. The molecule has 0 radical (unpaired) electrons. The van der Waals surface area contributed by atoms with E-state index in [-0.39, 0.29) is 6.61 Å². The lowest BCUT2D eigenvalue weighted by Crippen LogP contribution is -2.03. The van der Waals surface area contributed by atoms with Gasteiger partial charge in [-0.3, -0.25) is 0 Å². The van der Waals surface area contributed by atoms with Crippen LogP contribution in [0.2, 0.25) is 0 Å². The highest BCUT2D eigenvalue weighted by molar-refractivity contribution is 4.87. The summed E-state index contributed by atoms with van der Waals surface area (Å²) in [5, 5.41) is 17.4. The number of hydrogen-bond acceptors (Lipinski definition) is 2. The lowest BCUT2D eigenvalue weighted by Gasteiger charge is -1.99. The average Bonchev–Trinajstić information content (AvgIpc) is 1.89. The Morgan fingerprint density at radius 3 is 2.70 bits per heavy atom. The van der Waals surface area contributed by atoms with Gasteiger partial charge >= 0.3 is 0 Å². The summed E-state index contributed by atoms with van der Waals surface area (Å²) in [7, 11) is 0. The Morgan fingerprint density at radius 2 is 2.20 bits per heavy atom. The molecule has 0 fully saturated rings. The molecule has 0 aliphatic carbocycles. The Kier molecular flexibility index (Phi) is 6.55. The van der Waals surface area contributed by atoms with E-state index in [1.165, 1.54) is 0 Å². The van der Waals surface area contributed by atoms with Crippen LogP contribution in [0, 0.1) is 0 Å². The van der Waals surface area contributed by atoms with E-state index in [1.54, 1.807) is 6.08 Å². The van der Waals surface area contributed by atoms with Crippen molar-refractivity contribution >= 4 is 0 Å². The molecule has 0 aliphatic heterocycles. The maximum atomic E-state index is 9.03. The predicted molar refractivity (Wildman–Crippen MR) is 41.8 cm³/mol. The van der Waals surface area contributed by atoms with E-state index >= 15 is 0 Å². The van der Waals surface area contributed by atoms with Crippen LogP contribution in [-0.4, -0.2) is 22.9 Å². The van der Waals surface area contributed by atoms with E-state index in [9.17, 15) is 0 Å². The average molecular weight is 144 g/mol. The lowest BCUT2D eigenvalue weighted by atomic mass is 10.2. The molecule has 10 heavy (non-hydrogen) atoms. The Hall–Kier alpha value is -0.340. The molecule has 0 aromatic heterocycles. The molecule has 0 aromatic carbocycles. The zero-order chi connectivity index (χ0) is 7.82. The molecule has 1 unspecified atom stereocenters. The van der Waals surface area contributed by atoms with Crippen molar-refractivity contribution in [3.8, 4) is 0 Å². The molecule has 2 N–H and O–H groups in total. The van der Waals surface area contributed by atoms with Gasteiger partial charge in [0.25, 0.3) is 0 Å². The van der Waals surface area contributed by atoms with Gasteiger partial charge in [-0.2, -0.15) is 0 Å². The van der Waals surface area contributed by atoms with Gasteiger partial charge in [0.2, 0.25) is 0 Å². The predicted octanol–water partition coefficient (Wildman–Crippen LogP) is 1.09.